The molecule has 0 atom stereocenters. The highest BCUT2D eigenvalue weighted by atomic mass is 35.5. The van der Waals surface area contributed by atoms with Crippen LogP contribution in [-0.4, -0.2) is 51.4 Å². The largest absolute Gasteiger partial charge is 0.369 e. The van der Waals surface area contributed by atoms with Gasteiger partial charge >= 0.3 is 0 Å². The predicted octanol–water partition coefficient (Wildman–Crippen LogP) is 4.19. The maximum Gasteiger partial charge on any atom is 0.243 e. The number of nitrogens with zero attached hydrogens (tertiary/aromatic N) is 3. The zero-order chi connectivity index (χ0) is 22.2. The van der Waals surface area contributed by atoms with Gasteiger partial charge in [-0.2, -0.15) is 4.31 Å². The van der Waals surface area contributed by atoms with Crippen LogP contribution in [0.4, 0.5) is 11.4 Å². The Bertz CT molecular complexity index is 1100. The summed E-state index contributed by atoms with van der Waals surface area (Å²) in [6.45, 7) is 4.51. The van der Waals surface area contributed by atoms with E-state index >= 15 is 0 Å². The smallest absolute Gasteiger partial charge is 0.243 e. The zero-order valence-electron chi connectivity index (χ0n) is 17.4. The number of anilines is 2. The third-order valence-electron chi connectivity index (χ3n) is 5.86. The quantitative estimate of drug-likeness (QED) is 0.641. The number of hydrogen-bond acceptors (Lipinski definition) is 4. The highest BCUT2D eigenvalue weighted by Gasteiger charge is 2.31. The van der Waals surface area contributed by atoms with E-state index < -0.39 is 10.0 Å². The van der Waals surface area contributed by atoms with Gasteiger partial charge < -0.3 is 9.80 Å². The minimum atomic E-state index is -3.60. The molecule has 2 aliphatic heterocycles. The molecule has 0 saturated carbocycles. The van der Waals surface area contributed by atoms with E-state index in [1.807, 2.05) is 13.0 Å². The normalized spacial score (nSPS) is 17.1. The van der Waals surface area contributed by atoms with Crippen LogP contribution in [0.2, 0.25) is 10.0 Å². The van der Waals surface area contributed by atoms with Crippen LogP contribution < -0.4 is 9.80 Å². The lowest BCUT2D eigenvalue weighted by molar-refractivity contribution is -0.118. The molecular formula is C22H25Cl2N3O3S. The Morgan fingerprint density at radius 2 is 1.71 bits per heavy atom. The Balaban J connectivity index is 1.47. The number of carbonyl (C=O) groups excluding carboxylic acids is 1. The van der Waals surface area contributed by atoms with E-state index in [0.29, 0.717) is 60.5 Å². The summed E-state index contributed by atoms with van der Waals surface area (Å²) in [6.07, 6.45) is 1.98. The van der Waals surface area contributed by atoms with Crippen LogP contribution in [0.3, 0.4) is 0 Å². The number of halogens is 2. The summed E-state index contributed by atoms with van der Waals surface area (Å²) in [5.41, 5.74) is 2.68. The SMILES string of the molecule is CCCC(=O)N1CCc2cc(S(=O)(=O)N3CCN(c4ccc(Cl)c(Cl)c4)CC3)ccc21. The molecule has 0 bridgehead atoms. The van der Waals surface area contributed by atoms with Crippen molar-refractivity contribution in [3.8, 4) is 0 Å². The Morgan fingerprint density at radius 1 is 0.968 bits per heavy atom. The Labute approximate surface area is 193 Å². The second kappa shape index (κ2) is 8.98. The van der Waals surface area contributed by atoms with Crippen molar-refractivity contribution in [1.29, 1.82) is 0 Å². The van der Waals surface area contributed by atoms with Crippen molar-refractivity contribution < 1.29 is 13.2 Å². The van der Waals surface area contributed by atoms with Gasteiger partial charge in [-0.25, -0.2) is 8.42 Å². The lowest BCUT2D eigenvalue weighted by atomic mass is 10.2. The number of rotatable bonds is 5. The van der Waals surface area contributed by atoms with Crippen molar-refractivity contribution in [2.45, 2.75) is 31.1 Å². The highest BCUT2D eigenvalue weighted by molar-refractivity contribution is 7.89. The highest BCUT2D eigenvalue weighted by Crippen LogP contribution is 2.32. The third kappa shape index (κ3) is 4.42. The first kappa shape index (κ1) is 22.4. The third-order valence-corrected chi connectivity index (χ3v) is 8.49. The van der Waals surface area contributed by atoms with Gasteiger partial charge in [0.2, 0.25) is 15.9 Å². The van der Waals surface area contributed by atoms with Gasteiger partial charge in [-0.15, -0.1) is 0 Å². The van der Waals surface area contributed by atoms with E-state index in [2.05, 4.69) is 4.90 Å². The molecule has 0 aromatic heterocycles. The molecule has 2 aliphatic rings. The maximum atomic E-state index is 13.2. The molecule has 0 N–H and O–H groups in total. The van der Waals surface area contributed by atoms with Crippen molar-refractivity contribution in [3.63, 3.8) is 0 Å². The standard InChI is InChI=1S/C22H25Cl2N3O3S/c1-2-3-22(28)27-9-8-16-14-18(5-7-21(16)27)31(29,30)26-12-10-25(11-13-26)17-4-6-19(23)20(24)15-17/h4-7,14-15H,2-3,8-13H2,1H3. The molecule has 2 aromatic carbocycles. The number of sulfonamides is 1. The molecule has 2 heterocycles. The van der Waals surface area contributed by atoms with Gasteiger partial charge in [0.25, 0.3) is 0 Å². The van der Waals surface area contributed by atoms with Gasteiger partial charge in [0, 0.05) is 50.5 Å². The molecule has 4 rings (SSSR count). The fraction of sp³-hybridized carbons (Fsp3) is 0.409. The van der Waals surface area contributed by atoms with Gasteiger partial charge in [0.1, 0.15) is 0 Å². The van der Waals surface area contributed by atoms with E-state index in [4.69, 9.17) is 23.2 Å². The maximum absolute atomic E-state index is 13.2. The first-order valence-electron chi connectivity index (χ1n) is 10.4. The lowest BCUT2D eigenvalue weighted by Crippen LogP contribution is -2.48. The first-order valence-corrected chi connectivity index (χ1v) is 12.6. The number of carbonyl (C=O) groups is 1. The number of benzene rings is 2. The molecule has 31 heavy (non-hydrogen) atoms. The van der Waals surface area contributed by atoms with E-state index in [0.717, 1.165) is 23.4 Å². The van der Waals surface area contributed by atoms with Gasteiger partial charge in [0.05, 0.1) is 14.9 Å². The van der Waals surface area contributed by atoms with Gasteiger partial charge in [-0.1, -0.05) is 30.1 Å². The van der Waals surface area contributed by atoms with Crippen LogP contribution in [-0.2, 0) is 21.2 Å². The summed E-state index contributed by atoms with van der Waals surface area (Å²) in [4.78, 5) is 16.5. The molecule has 0 radical (unpaired) electrons. The molecule has 0 spiro atoms. The minimum absolute atomic E-state index is 0.0929. The van der Waals surface area contributed by atoms with Crippen molar-refractivity contribution in [2.75, 3.05) is 42.5 Å². The van der Waals surface area contributed by atoms with Crippen LogP contribution in [0.25, 0.3) is 0 Å². The second-order valence-corrected chi connectivity index (χ2v) is 10.6. The average Bonchev–Trinajstić information content (AvgIpc) is 3.19. The van der Waals surface area contributed by atoms with Gasteiger partial charge in [0.15, 0.2) is 0 Å². The Hall–Kier alpha value is -1.80. The molecule has 1 fully saturated rings. The number of amides is 1. The topological polar surface area (TPSA) is 60.9 Å². The second-order valence-electron chi connectivity index (χ2n) is 7.83. The van der Waals surface area contributed by atoms with Crippen molar-refractivity contribution in [1.82, 2.24) is 4.31 Å². The van der Waals surface area contributed by atoms with Gasteiger partial charge in [-0.05, 0) is 54.8 Å². The van der Waals surface area contributed by atoms with Crippen molar-refractivity contribution in [3.05, 3.63) is 52.0 Å². The van der Waals surface area contributed by atoms with E-state index in [1.165, 1.54) is 4.31 Å². The van der Waals surface area contributed by atoms with Crippen LogP contribution in [0, 0.1) is 0 Å². The molecule has 1 amide bonds. The van der Waals surface area contributed by atoms with Gasteiger partial charge in [-0.3, -0.25) is 4.79 Å². The van der Waals surface area contributed by atoms with Crippen LogP contribution in [0.1, 0.15) is 25.3 Å². The summed E-state index contributed by atoms with van der Waals surface area (Å²) >= 11 is 12.1. The fourth-order valence-corrected chi connectivity index (χ4v) is 5.93. The summed E-state index contributed by atoms with van der Waals surface area (Å²) < 4.78 is 28.0. The number of fused-ring (bicyclic) bond motifs is 1. The van der Waals surface area contributed by atoms with Crippen LogP contribution in [0.15, 0.2) is 41.3 Å². The molecule has 6 nitrogen and oxygen atoms in total. The fourth-order valence-electron chi connectivity index (χ4n) is 4.16. The average molecular weight is 482 g/mol. The Morgan fingerprint density at radius 3 is 2.39 bits per heavy atom. The predicted molar refractivity (Wildman–Crippen MR) is 125 cm³/mol. The molecule has 166 valence electrons. The summed E-state index contributed by atoms with van der Waals surface area (Å²) in [6, 6.07) is 10.6. The van der Waals surface area contributed by atoms with Crippen molar-refractivity contribution in [2.24, 2.45) is 0 Å². The van der Waals surface area contributed by atoms with Crippen LogP contribution in [0.5, 0.6) is 0 Å². The number of piperazine rings is 1. The lowest BCUT2D eigenvalue weighted by Gasteiger charge is -2.35. The first-order chi connectivity index (χ1) is 14.8. The van der Waals surface area contributed by atoms with E-state index in [-0.39, 0.29) is 5.91 Å². The molecular weight excluding hydrogens is 457 g/mol. The Kier molecular flexibility index (Phi) is 6.49. The monoisotopic (exact) mass is 481 g/mol. The molecule has 2 aromatic rings. The molecule has 1 saturated heterocycles. The van der Waals surface area contributed by atoms with E-state index in [1.54, 1.807) is 35.2 Å². The number of hydrogen-bond donors (Lipinski definition) is 0. The summed E-state index contributed by atoms with van der Waals surface area (Å²) in [5.74, 6) is 0.0929. The zero-order valence-corrected chi connectivity index (χ0v) is 19.7. The van der Waals surface area contributed by atoms with E-state index in [9.17, 15) is 13.2 Å². The molecule has 9 heteroatoms. The molecule has 0 aliphatic carbocycles. The molecule has 0 unspecified atom stereocenters. The van der Waals surface area contributed by atoms with Crippen LogP contribution >= 0.6 is 23.2 Å². The minimum Gasteiger partial charge on any atom is -0.369 e. The van der Waals surface area contributed by atoms with Crippen molar-refractivity contribution >= 4 is 50.5 Å². The summed E-state index contributed by atoms with van der Waals surface area (Å²) in [7, 11) is -3.60. The summed E-state index contributed by atoms with van der Waals surface area (Å²) in [5, 5.41) is 0.983.